The second-order valence-corrected chi connectivity index (χ2v) is 10.5. The highest BCUT2D eigenvalue weighted by atomic mass is 35.5. The molecule has 0 N–H and O–H groups in total. The predicted molar refractivity (Wildman–Crippen MR) is 126 cm³/mol. The molecule has 0 radical (unpaired) electrons. The van der Waals surface area contributed by atoms with E-state index in [2.05, 4.69) is 0 Å². The average molecular weight is 490 g/mol. The molecule has 3 aromatic rings. The molecular formula is C24H25ClFN3O3S. The molecule has 1 aromatic heterocycles. The molecule has 0 spiro atoms. The van der Waals surface area contributed by atoms with Gasteiger partial charge in [0.1, 0.15) is 5.82 Å². The monoisotopic (exact) mass is 489 g/mol. The third-order valence-electron chi connectivity index (χ3n) is 5.97. The van der Waals surface area contributed by atoms with E-state index in [1.54, 1.807) is 24.3 Å². The highest BCUT2D eigenvalue weighted by Gasteiger charge is 2.29. The Morgan fingerprint density at radius 3 is 2.18 bits per heavy atom. The SMILES string of the molecule is Cc1cc(C(=O)CN2CCN(S(=O)(=O)c3ccc(Cl)cc3)CC2)c(C)n1-c1ccc(F)cc1. The molecule has 9 heteroatoms. The molecule has 1 aliphatic rings. The number of carbonyl (C=O) groups excluding carboxylic acids is 1. The maximum atomic E-state index is 13.3. The number of aromatic nitrogens is 1. The van der Waals surface area contributed by atoms with Gasteiger partial charge < -0.3 is 4.57 Å². The van der Waals surface area contributed by atoms with Crippen LogP contribution in [0.25, 0.3) is 5.69 Å². The van der Waals surface area contributed by atoms with Gasteiger partial charge in [-0.3, -0.25) is 9.69 Å². The number of nitrogens with zero attached hydrogens (tertiary/aromatic N) is 3. The zero-order valence-electron chi connectivity index (χ0n) is 18.5. The van der Waals surface area contributed by atoms with Gasteiger partial charge in [-0.15, -0.1) is 0 Å². The summed E-state index contributed by atoms with van der Waals surface area (Å²) in [5.41, 5.74) is 3.11. The third kappa shape index (κ3) is 4.89. The Balaban J connectivity index is 1.42. The van der Waals surface area contributed by atoms with Gasteiger partial charge in [-0.25, -0.2) is 12.8 Å². The van der Waals surface area contributed by atoms with Crippen LogP contribution in [0.15, 0.2) is 59.5 Å². The number of hydrogen-bond acceptors (Lipinski definition) is 4. The van der Waals surface area contributed by atoms with Gasteiger partial charge in [0.15, 0.2) is 5.78 Å². The molecule has 1 fully saturated rings. The Morgan fingerprint density at radius 1 is 0.970 bits per heavy atom. The quantitative estimate of drug-likeness (QED) is 0.489. The van der Waals surface area contributed by atoms with E-state index in [-0.39, 0.29) is 23.0 Å². The highest BCUT2D eigenvalue weighted by molar-refractivity contribution is 7.89. The van der Waals surface area contributed by atoms with Gasteiger partial charge in [0.05, 0.1) is 11.4 Å². The Bertz CT molecular complexity index is 1260. The zero-order chi connectivity index (χ0) is 23.8. The van der Waals surface area contributed by atoms with E-state index in [9.17, 15) is 17.6 Å². The Hall–Kier alpha value is -2.52. The second kappa shape index (κ2) is 9.38. The van der Waals surface area contributed by atoms with E-state index >= 15 is 0 Å². The number of piperazine rings is 1. The van der Waals surface area contributed by atoms with E-state index in [4.69, 9.17) is 11.6 Å². The third-order valence-corrected chi connectivity index (χ3v) is 8.13. The van der Waals surface area contributed by atoms with Crippen LogP contribution in [0.4, 0.5) is 4.39 Å². The van der Waals surface area contributed by atoms with Gasteiger partial charge in [0, 0.05) is 53.8 Å². The summed E-state index contributed by atoms with van der Waals surface area (Å²) in [4.78, 5) is 15.2. The second-order valence-electron chi connectivity index (χ2n) is 8.15. The van der Waals surface area contributed by atoms with Gasteiger partial charge in [-0.05, 0) is 68.4 Å². The summed E-state index contributed by atoms with van der Waals surface area (Å²) in [6.07, 6.45) is 0. The summed E-state index contributed by atoms with van der Waals surface area (Å²) in [6, 6.07) is 14.1. The smallest absolute Gasteiger partial charge is 0.243 e. The molecule has 0 unspecified atom stereocenters. The van der Waals surface area contributed by atoms with Crippen molar-refractivity contribution in [3.63, 3.8) is 0 Å². The molecule has 33 heavy (non-hydrogen) atoms. The highest BCUT2D eigenvalue weighted by Crippen LogP contribution is 2.23. The predicted octanol–water partition coefficient (Wildman–Crippen LogP) is 4.08. The van der Waals surface area contributed by atoms with E-state index in [1.807, 2.05) is 29.4 Å². The van der Waals surface area contributed by atoms with E-state index in [0.717, 1.165) is 17.1 Å². The van der Waals surface area contributed by atoms with Crippen molar-refractivity contribution in [3.8, 4) is 5.69 Å². The van der Waals surface area contributed by atoms with Crippen LogP contribution in [-0.2, 0) is 10.0 Å². The first kappa shape index (κ1) is 23.6. The molecule has 4 rings (SSSR count). The van der Waals surface area contributed by atoms with Crippen molar-refractivity contribution in [2.24, 2.45) is 0 Å². The number of benzene rings is 2. The van der Waals surface area contributed by atoms with E-state index in [1.165, 1.54) is 28.6 Å². The molecule has 0 amide bonds. The van der Waals surface area contributed by atoms with Crippen LogP contribution >= 0.6 is 11.6 Å². The fourth-order valence-corrected chi connectivity index (χ4v) is 5.75. The number of sulfonamides is 1. The van der Waals surface area contributed by atoms with E-state index < -0.39 is 10.0 Å². The number of carbonyl (C=O) groups is 1. The normalized spacial score (nSPS) is 15.6. The van der Waals surface area contributed by atoms with Crippen molar-refractivity contribution in [2.45, 2.75) is 18.7 Å². The molecule has 0 atom stereocenters. The molecule has 2 aromatic carbocycles. The first-order chi connectivity index (χ1) is 15.7. The first-order valence-electron chi connectivity index (χ1n) is 10.6. The van der Waals surface area contributed by atoms with Crippen LogP contribution in [0.2, 0.25) is 5.02 Å². The summed E-state index contributed by atoms with van der Waals surface area (Å²) in [7, 11) is -3.59. The summed E-state index contributed by atoms with van der Waals surface area (Å²) in [5.74, 6) is -0.333. The molecular weight excluding hydrogens is 465 g/mol. The van der Waals surface area contributed by atoms with Crippen molar-refractivity contribution in [1.82, 2.24) is 13.8 Å². The largest absolute Gasteiger partial charge is 0.318 e. The topological polar surface area (TPSA) is 62.6 Å². The number of rotatable bonds is 6. The molecule has 1 aliphatic heterocycles. The molecule has 1 saturated heterocycles. The molecule has 0 saturated carbocycles. The Labute approximate surface area is 198 Å². The van der Waals surface area contributed by atoms with Gasteiger partial charge in [0.25, 0.3) is 0 Å². The van der Waals surface area contributed by atoms with Gasteiger partial charge in [-0.1, -0.05) is 11.6 Å². The number of halogens is 2. The standard InChI is InChI=1S/C24H25ClFN3O3S/c1-17-15-23(18(2)29(17)21-7-5-20(26)6-8-21)24(30)16-27-11-13-28(14-12-27)33(31,32)22-9-3-19(25)4-10-22/h3-10,15H,11-14,16H2,1-2H3. The zero-order valence-corrected chi connectivity index (χ0v) is 20.0. The molecule has 6 nitrogen and oxygen atoms in total. The minimum absolute atomic E-state index is 0.0227. The lowest BCUT2D eigenvalue weighted by atomic mass is 10.1. The van der Waals surface area contributed by atoms with Crippen LogP contribution in [-0.4, -0.2) is 60.7 Å². The van der Waals surface area contributed by atoms with Crippen molar-refractivity contribution < 1.29 is 17.6 Å². The van der Waals surface area contributed by atoms with Gasteiger partial charge >= 0.3 is 0 Å². The molecule has 0 bridgehead atoms. The fourth-order valence-electron chi connectivity index (χ4n) is 4.20. The molecule has 174 valence electrons. The minimum Gasteiger partial charge on any atom is -0.318 e. The van der Waals surface area contributed by atoms with Crippen molar-refractivity contribution in [2.75, 3.05) is 32.7 Å². The lowest BCUT2D eigenvalue weighted by molar-refractivity contribution is 0.0901. The Morgan fingerprint density at radius 2 is 1.58 bits per heavy atom. The number of ketones is 1. The van der Waals surface area contributed by atoms with Crippen molar-refractivity contribution in [3.05, 3.63) is 82.4 Å². The minimum atomic E-state index is -3.59. The van der Waals surface area contributed by atoms with Crippen LogP contribution in [0.1, 0.15) is 21.7 Å². The van der Waals surface area contributed by atoms with Gasteiger partial charge in [-0.2, -0.15) is 4.31 Å². The van der Waals surface area contributed by atoms with E-state index in [0.29, 0.717) is 36.8 Å². The lowest BCUT2D eigenvalue weighted by Crippen LogP contribution is -2.49. The summed E-state index contributed by atoms with van der Waals surface area (Å²) >= 11 is 5.87. The molecule has 0 aliphatic carbocycles. The van der Waals surface area contributed by atoms with Crippen molar-refractivity contribution in [1.29, 1.82) is 0 Å². The summed E-state index contributed by atoms with van der Waals surface area (Å²) < 4.78 is 42.4. The van der Waals surface area contributed by atoms with Crippen molar-refractivity contribution >= 4 is 27.4 Å². The maximum absolute atomic E-state index is 13.3. The summed E-state index contributed by atoms with van der Waals surface area (Å²) in [6.45, 7) is 5.56. The summed E-state index contributed by atoms with van der Waals surface area (Å²) in [5, 5.41) is 0.482. The lowest BCUT2D eigenvalue weighted by Gasteiger charge is -2.33. The number of Topliss-reactive ketones (excluding diaryl/α,β-unsaturated/α-hetero) is 1. The average Bonchev–Trinajstić information content (AvgIpc) is 3.09. The van der Waals surface area contributed by atoms with Crippen LogP contribution < -0.4 is 0 Å². The number of aryl methyl sites for hydroxylation is 1. The van der Waals surface area contributed by atoms with Crippen LogP contribution in [0, 0.1) is 19.7 Å². The first-order valence-corrected chi connectivity index (χ1v) is 12.4. The number of hydrogen-bond donors (Lipinski definition) is 0. The maximum Gasteiger partial charge on any atom is 0.243 e. The fraction of sp³-hybridized carbons (Fsp3) is 0.292. The Kier molecular flexibility index (Phi) is 6.72. The van der Waals surface area contributed by atoms with Crippen LogP contribution in [0.5, 0.6) is 0 Å². The van der Waals surface area contributed by atoms with Gasteiger partial charge in [0.2, 0.25) is 10.0 Å². The molecule has 2 heterocycles. The van der Waals surface area contributed by atoms with Crippen LogP contribution in [0.3, 0.4) is 0 Å².